The fourth-order valence-electron chi connectivity index (χ4n) is 5.53. The van der Waals surface area contributed by atoms with Gasteiger partial charge in [-0.05, 0) is 44.7 Å². The molecule has 0 aliphatic carbocycles. The van der Waals surface area contributed by atoms with E-state index in [-0.39, 0.29) is 18.2 Å². The molecule has 2 saturated heterocycles. The zero-order valence-electron chi connectivity index (χ0n) is 21.0. The van der Waals surface area contributed by atoms with Crippen LogP contribution in [-0.4, -0.2) is 73.9 Å². The standard InChI is InChI=1S/C27H31N7O3/c1-2-34-24-21(18-29-34)23(30-19-10-4-3-5-11-19)20(17-28-24)22-16-27(37-31-22,25(35)32-12-6-7-13-32)26(36)33-14-8-9-15-33/h3-5,10-11,17-18H,2,6-9,12-16H2,1H3,(H,28,30). The van der Waals surface area contributed by atoms with Crippen molar-refractivity contribution in [3.63, 3.8) is 0 Å². The van der Waals surface area contributed by atoms with Crippen LogP contribution in [0.3, 0.4) is 0 Å². The van der Waals surface area contributed by atoms with E-state index >= 15 is 0 Å². The van der Waals surface area contributed by atoms with Gasteiger partial charge in [0.1, 0.15) is 0 Å². The van der Waals surface area contributed by atoms with Gasteiger partial charge in [0.05, 0.1) is 29.4 Å². The predicted octanol–water partition coefficient (Wildman–Crippen LogP) is 3.30. The summed E-state index contributed by atoms with van der Waals surface area (Å²) >= 11 is 0. The third kappa shape index (κ3) is 4.00. The quantitative estimate of drug-likeness (QED) is 0.520. The molecule has 0 bridgehead atoms. The minimum atomic E-state index is -1.67. The maximum Gasteiger partial charge on any atom is 0.297 e. The fourth-order valence-corrected chi connectivity index (χ4v) is 5.53. The molecule has 10 heteroatoms. The Labute approximate surface area is 215 Å². The number of hydrogen-bond donors (Lipinski definition) is 1. The zero-order valence-corrected chi connectivity index (χ0v) is 21.0. The molecule has 0 unspecified atom stereocenters. The van der Waals surface area contributed by atoms with Crippen LogP contribution in [0.25, 0.3) is 11.0 Å². The van der Waals surface area contributed by atoms with Gasteiger partial charge in [0.2, 0.25) is 0 Å². The Balaban J connectivity index is 1.41. The van der Waals surface area contributed by atoms with Crippen LogP contribution in [0.2, 0.25) is 0 Å². The van der Waals surface area contributed by atoms with E-state index in [1.54, 1.807) is 22.2 Å². The number of likely N-dealkylation sites (tertiary alicyclic amines) is 2. The van der Waals surface area contributed by atoms with E-state index in [9.17, 15) is 9.59 Å². The molecule has 3 aliphatic rings. The fraction of sp³-hybridized carbons (Fsp3) is 0.444. The monoisotopic (exact) mass is 501 g/mol. The molecule has 3 aromatic rings. The van der Waals surface area contributed by atoms with Gasteiger partial charge in [-0.15, -0.1) is 0 Å². The summed E-state index contributed by atoms with van der Waals surface area (Å²) in [6.07, 6.45) is 7.31. The van der Waals surface area contributed by atoms with E-state index in [4.69, 9.17) is 4.84 Å². The second-order valence-electron chi connectivity index (χ2n) is 9.87. The van der Waals surface area contributed by atoms with Crippen LogP contribution in [0.5, 0.6) is 0 Å². The van der Waals surface area contributed by atoms with Crippen LogP contribution >= 0.6 is 0 Å². The normalized spacial score (nSPS) is 18.8. The van der Waals surface area contributed by atoms with E-state index in [1.165, 1.54) is 0 Å². The van der Waals surface area contributed by atoms with Gasteiger partial charge in [-0.1, -0.05) is 23.4 Å². The lowest BCUT2D eigenvalue weighted by Gasteiger charge is -2.32. The Kier molecular flexibility index (Phi) is 6.02. The number of hydrogen-bond acceptors (Lipinski definition) is 7. The lowest BCUT2D eigenvalue weighted by atomic mass is 9.90. The molecule has 0 atom stereocenters. The van der Waals surface area contributed by atoms with Crippen molar-refractivity contribution in [2.45, 2.75) is 51.2 Å². The van der Waals surface area contributed by atoms with Gasteiger partial charge in [-0.25, -0.2) is 9.67 Å². The first-order valence-electron chi connectivity index (χ1n) is 13.1. The number of amides is 2. The minimum absolute atomic E-state index is 0.0657. The van der Waals surface area contributed by atoms with Crippen molar-refractivity contribution in [3.8, 4) is 0 Å². The van der Waals surface area contributed by atoms with Gasteiger partial charge in [0, 0.05) is 50.2 Å². The smallest absolute Gasteiger partial charge is 0.297 e. The summed E-state index contributed by atoms with van der Waals surface area (Å²) in [4.78, 5) is 41.7. The molecule has 37 heavy (non-hydrogen) atoms. The molecule has 5 heterocycles. The number of nitrogens with one attached hydrogen (secondary N) is 1. The Hall–Kier alpha value is -3.95. The number of rotatable bonds is 6. The summed E-state index contributed by atoms with van der Waals surface area (Å²) in [5.41, 5.74) is 1.96. The highest BCUT2D eigenvalue weighted by Crippen LogP contribution is 2.37. The summed E-state index contributed by atoms with van der Waals surface area (Å²) in [5.74, 6) is -0.572. The topological polar surface area (TPSA) is 105 Å². The molecule has 6 rings (SSSR count). The second kappa shape index (κ2) is 9.49. The first-order chi connectivity index (χ1) is 18.1. The lowest BCUT2D eigenvalue weighted by Crippen LogP contribution is -2.58. The van der Waals surface area contributed by atoms with Crippen molar-refractivity contribution in [2.24, 2.45) is 5.16 Å². The van der Waals surface area contributed by atoms with Crippen LogP contribution < -0.4 is 5.32 Å². The number of aryl methyl sites for hydroxylation is 1. The van der Waals surface area contributed by atoms with E-state index in [2.05, 4.69) is 20.6 Å². The summed E-state index contributed by atoms with van der Waals surface area (Å²) < 4.78 is 1.83. The van der Waals surface area contributed by atoms with E-state index in [0.717, 1.165) is 48.1 Å². The largest absolute Gasteiger partial charge is 0.368 e. The van der Waals surface area contributed by atoms with Gasteiger partial charge in [-0.2, -0.15) is 5.10 Å². The van der Waals surface area contributed by atoms with Gasteiger partial charge >= 0.3 is 0 Å². The minimum Gasteiger partial charge on any atom is -0.368 e. The van der Waals surface area contributed by atoms with Crippen molar-refractivity contribution in [3.05, 3.63) is 48.3 Å². The van der Waals surface area contributed by atoms with Gasteiger partial charge in [0.25, 0.3) is 17.4 Å². The Bertz CT molecular complexity index is 1330. The number of anilines is 2. The van der Waals surface area contributed by atoms with Crippen LogP contribution in [-0.2, 0) is 21.0 Å². The van der Waals surface area contributed by atoms with Crippen molar-refractivity contribution in [1.82, 2.24) is 24.6 Å². The number of fused-ring (bicyclic) bond motifs is 1. The molecule has 192 valence electrons. The number of carbonyl (C=O) groups excluding carboxylic acids is 2. The van der Waals surface area contributed by atoms with Gasteiger partial charge in [0.15, 0.2) is 5.65 Å². The van der Waals surface area contributed by atoms with E-state index in [1.807, 2.05) is 41.9 Å². The summed E-state index contributed by atoms with van der Waals surface area (Å²) in [7, 11) is 0. The number of para-hydroxylation sites is 1. The average molecular weight is 502 g/mol. The third-order valence-electron chi connectivity index (χ3n) is 7.53. The van der Waals surface area contributed by atoms with Crippen LogP contribution in [0.1, 0.15) is 44.6 Å². The highest BCUT2D eigenvalue weighted by Gasteiger charge is 2.57. The molecule has 1 aromatic carbocycles. The molecule has 10 nitrogen and oxygen atoms in total. The SMILES string of the molecule is CCn1ncc2c(Nc3ccccc3)c(C3=NOC(C(=O)N4CCCC4)(C(=O)N4CCCC4)C3)cnc21. The first kappa shape index (κ1) is 23.4. The molecule has 3 aliphatic heterocycles. The number of pyridine rings is 1. The maximum atomic E-state index is 13.8. The lowest BCUT2D eigenvalue weighted by molar-refractivity contribution is -0.170. The third-order valence-corrected chi connectivity index (χ3v) is 7.53. The van der Waals surface area contributed by atoms with Gasteiger partial charge in [-0.3, -0.25) is 9.59 Å². The van der Waals surface area contributed by atoms with Crippen molar-refractivity contribution < 1.29 is 14.4 Å². The van der Waals surface area contributed by atoms with Crippen molar-refractivity contribution >= 4 is 39.9 Å². The van der Waals surface area contributed by atoms with E-state index in [0.29, 0.717) is 44.0 Å². The zero-order chi connectivity index (χ0) is 25.4. The first-order valence-corrected chi connectivity index (χ1v) is 13.1. The van der Waals surface area contributed by atoms with Crippen molar-refractivity contribution in [1.29, 1.82) is 0 Å². The van der Waals surface area contributed by atoms with E-state index < -0.39 is 5.60 Å². The molecule has 1 N–H and O–H groups in total. The predicted molar refractivity (Wildman–Crippen MR) is 140 cm³/mol. The molecule has 0 radical (unpaired) electrons. The average Bonchev–Trinajstić information content (AvgIpc) is 3.75. The highest BCUT2D eigenvalue weighted by molar-refractivity contribution is 6.19. The van der Waals surface area contributed by atoms with Crippen LogP contribution in [0, 0.1) is 0 Å². The number of benzene rings is 1. The number of oxime groups is 1. The molecule has 0 spiro atoms. The number of carbonyl (C=O) groups is 2. The van der Waals surface area contributed by atoms with Gasteiger partial charge < -0.3 is 20.0 Å². The Morgan fingerprint density at radius 2 is 1.62 bits per heavy atom. The Morgan fingerprint density at radius 3 is 2.24 bits per heavy atom. The second-order valence-corrected chi connectivity index (χ2v) is 9.87. The molecule has 2 fully saturated rings. The van der Waals surface area contributed by atoms with Crippen LogP contribution in [0.4, 0.5) is 11.4 Å². The summed E-state index contributed by atoms with van der Waals surface area (Å²) in [6.45, 7) is 5.24. The molecule has 2 aromatic heterocycles. The highest BCUT2D eigenvalue weighted by atomic mass is 16.7. The number of aromatic nitrogens is 3. The Morgan fingerprint density at radius 1 is 0.973 bits per heavy atom. The number of nitrogens with zero attached hydrogens (tertiary/aromatic N) is 6. The summed E-state index contributed by atoms with van der Waals surface area (Å²) in [6, 6.07) is 9.83. The molecule has 0 saturated carbocycles. The molecular formula is C27H31N7O3. The maximum absolute atomic E-state index is 13.8. The molecule has 2 amide bonds. The molecular weight excluding hydrogens is 470 g/mol. The van der Waals surface area contributed by atoms with Crippen LogP contribution in [0.15, 0.2) is 47.9 Å². The summed E-state index contributed by atoms with van der Waals surface area (Å²) in [5, 5.41) is 13.2. The van der Waals surface area contributed by atoms with Crippen molar-refractivity contribution in [2.75, 3.05) is 31.5 Å².